The molecule has 1 aromatic carbocycles. The predicted octanol–water partition coefficient (Wildman–Crippen LogP) is 1.73. The Labute approximate surface area is 86.1 Å². The van der Waals surface area contributed by atoms with Crippen LogP contribution in [-0.4, -0.2) is 23.2 Å². The number of fused-ring (bicyclic) bond motifs is 1. The normalized spacial score (nSPS) is 10.2. The summed E-state index contributed by atoms with van der Waals surface area (Å²) in [5.41, 5.74) is 0.777. The number of methoxy groups -OCH3 is 1. The Balaban J connectivity index is 2.67. The van der Waals surface area contributed by atoms with Gasteiger partial charge in [-0.05, 0) is 18.2 Å². The quantitative estimate of drug-likeness (QED) is 0.717. The zero-order chi connectivity index (χ0) is 10.8. The molecule has 0 amide bonds. The molecule has 0 saturated heterocycles. The molecule has 1 N–H and O–H groups in total. The Morgan fingerprint density at radius 3 is 3.00 bits per heavy atom. The number of aromatic nitrogens is 1. The average Bonchev–Trinajstić information content (AvgIpc) is 2.27. The van der Waals surface area contributed by atoms with Gasteiger partial charge in [0.15, 0.2) is 0 Å². The molecule has 1 heterocycles. The van der Waals surface area contributed by atoms with E-state index in [4.69, 9.17) is 0 Å². The molecule has 0 spiro atoms. The van der Waals surface area contributed by atoms with E-state index in [2.05, 4.69) is 9.72 Å². The number of carbonyl (C=O) groups excluding carboxylic acids is 1. The van der Waals surface area contributed by atoms with Crippen LogP contribution in [-0.2, 0) is 4.74 Å². The number of carbonyl (C=O) groups is 1. The summed E-state index contributed by atoms with van der Waals surface area (Å²) in [4.78, 5) is 15.3. The molecule has 0 radical (unpaired) electrons. The minimum absolute atomic E-state index is 0.0950. The van der Waals surface area contributed by atoms with Crippen molar-refractivity contribution in [1.29, 1.82) is 0 Å². The Hall–Kier alpha value is -2.10. The van der Waals surface area contributed by atoms with Crippen molar-refractivity contribution in [2.24, 2.45) is 0 Å². The summed E-state index contributed by atoms with van der Waals surface area (Å²) in [5, 5.41) is 10.4. The zero-order valence-electron chi connectivity index (χ0n) is 8.10. The minimum atomic E-state index is -0.569. The van der Waals surface area contributed by atoms with Crippen LogP contribution in [0.3, 0.4) is 0 Å². The van der Waals surface area contributed by atoms with Gasteiger partial charge in [-0.3, -0.25) is 4.98 Å². The topological polar surface area (TPSA) is 59.4 Å². The lowest BCUT2D eigenvalue weighted by Crippen LogP contribution is -2.01. The molecular formula is C11H9NO3. The number of hydrogen-bond acceptors (Lipinski definition) is 4. The number of hydrogen-bond donors (Lipinski definition) is 1. The van der Waals surface area contributed by atoms with Crippen molar-refractivity contribution in [3.05, 3.63) is 36.0 Å². The zero-order valence-corrected chi connectivity index (χ0v) is 8.10. The highest BCUT2D eigenvalue weighted by Crippen LogP contribution is 2.23. The molecule has 0 saturated carbocycles. The highest BCUT2D eigenvalue weighted by atomic mass is 16.5. The maximum Gasteiger partial charge on any atom is 0.341 e. The van der Waals surface area contributed by atoms with Gasteiger partial charge in [0.05, 0.1) is 12.6 Å². The molecule has 76 valence electrons. The second-order valence-electron chi connectivity index (χ2n) is 3.06. The largest absolute Gasteiger partial charge is 0.507 e. The number of esters is 1. The summed E-state index contributed by atoms with van der Waals surface area (Å²) in [6.07, 6.45) is 1.63. The van der Waals surface area contributed by atoms with E-state index in [1.54, 1.807) is 12.3 Å². The Kier molecular flexibility index (Phi) is 2.25. The molecule has 0 atom stereocenters. The summed E-state index contributed by atoms with van der Waals surface area (Å²) in [7, 11) is 1.27. The van der Waals surface area contributed by atoms with Crippen molar-refractivity contribution in [2.75, 3.05) is 7.11 Å². The van der Waals surface area contributed by atoms with Gasteiger partial charge in [0.1, 0.15) is 11.3 Å². The van der Waals surface area contributed by atoms with Gasteiger partial charge in [-0.2, -0.15) is 0 Å². The highest BCUT2D eigenvalue weighted by Gasteiger charge is 2.12. The van der Waals surface area contributed by atoms with Gasteiger partial charge >= 0.3 is 5.97 Å². The van der Waals surface area contributed by atoms with Crippen LogP contribution >= 0.6 is 0 Å². The molecule has 15 heavy (non-hydrogen) atoms. The van der Waals surface area contributed by atoms with E-state index in [1.165, 1.54) is 19.2 Å². The molecule has 4 nitrogen and oxygen atoms in total. The van der Waals surface area contributed by atoms with Crippen molar-refractivity contribution >= 4 is 16.9 Å². The van der Waals surface area contributed by atoms with Crippen LogP contribution in [0, 0.1) is 0 Å². The minimum Gasteiger partial charge on any atom is -0.507 e. The number of phenols is 1. The van der Waals surface area contributed by atoms with Crippen molar-refractivity contribution in [3.63, 3.8) is 0 Å². The van der Waals surface area contributed by atoms with E-state index in [-0.39, 0.29) is 11.3 Å². The molecule has 0 aliphatic carbocycles. The molecule has 0 bridgehead atoms. The van der Waals surface area contributed by atoms with E-state index in [0.29, 0.717) is 5.52 Å². The van der Waals surface area contributed by atoms with Crippen molar-refractivity contribution in [2.45, 2.75) is 0 Å². The first kappa shape index (κ1) is 9.45. The summed E-state index contributed by atoms with van der Waals surface area (Å²) < 4.78 is 4.54. The lowest BCUT2D eigenvalue weighted by molar-refractivity contribution is 0.0597. The summed E-state index contributed by atoms with van der Waals surface area (Å²) >= 11 is 0. The molecular weight excluding hydrogens is 194 g/mol. The second-order valence-corrected chi connectivity index (χ2v) is 3.06. The molecule has 2 aromatic rings. The van der Waals surface area contributed by atoms with Crippen LogP contribution in [0.4, 0.5) is 0 Å². The maximum atomic E-state index is 11.3. The molecule has 0 aliphatic heterocycles. The Morgan fingerprint density at radius 1 is 1.47 bits per heavy atom. The van der Waals surface area contributed by atoms with E-state index in [9.17, 15) is 9.90 Å². The maximum absolute atomic E-state index is 11.3. The first-order valence-electron chi connectivity index (χ1n) is 4.38. The fraction of sp³-hybridized carbons (Fsp3) is 0.0909. The molecule has 0 unspecified atom stereocenters. The Morgan fingerprint density at radius 2 is 2.27 bits per heavy atom. The van der Waals surface area contributed by atoms with Gasteiger partial charge in [0.25, 0.3) is 0 Å². The van der Waals surface area contributed by atoms with E-state index in [0.717, 1.165) is 5.39 Å². The van der Waals surface area contributed by atoms with Gasteiger partial charge in [0.2, 0.25) is 0 Å². The summed E-state index contributed by atoms with van der Waals surface area (Å²) in [6, 6.07) is 6.58. The van der Waals surface area contributed by atoms with E-state index < -0.39 is 5.97 Å². The summed E-state index contributed by atoms with van der Waals surface area (Å²) in [6.45, 7) is 0. The average molecular weight is 203 g/mol. The first-order chi connectivity index (χ1) is 7.22. The lowest BCUT2D eigenvalue weighted by atomic mass is 10.1. The third kappa shape index (κ3) is 1.61. The fourth-order valence-electron chi connectivity index (χ4n) is 1.38. The number of phenolic OH excluding ortho intramolecular Hbond substituents is 1. The number of nitrogens with zero attached hydrogens (tertiary/aromatic N) is 1. The molecule has 2 rings (SSSR count). The smallest absolute Gasteiger partial charge is 0.341 e. The van der Waals surface area contributed by atoms with Crippen LogP contribution in [0.25, 0.3) is 10.9 Å². The van der Waals surface area contributed by atoms with Crippen molar-refractivity contribution < 1.29 is 14.6 Å². The predicted molar refractivity (Wildman–Crippen MR) is 54.7 cm³/mol. The third-order valence-corrected chi connectivity index (χ3v) is 2.13. The van der Waals surface area contributed by atoms with E-state index >= 15 is 0 Å². The SMILES string of the molecule is COC(=O)c1cc2ncccc2cc1O. The number of pyridine rings is 1. The lowest BCUT2D eigenvalue weighted by Gasteiger charge is -2.04. The van der Waals surface area contributed by atoms with Crippen molar-refractivity contribution in [3.8, 4) is 5.75 Å². The second kappa shape index (κ2) is 3.57. The van der Waals surface area contributed by atoms with Crippen LogP contribution in [0.2, 0.25) is 0 Å². The van der Waals surface area contributed by atoms with Crippen molar-refractivity contribution in [1.82, 2.24) is 4.98 Å². The molecule has 0 fully saturated rings. The number of benzene rings is 1. The van der Waals surface area contributed by atoms with Crippen LogP contribution in [0.5, 0.6) is 5.75 Å². The molecule has 0 aliphatic rings. The van der Waals surface area contributed by atoms with Gasteiger partial charge in [-0.15, -0.1) is 0 Å². The fourth-order valence-corrected chi connectivity index (χ4v) is 1.38. The number of aromatic hydroxyl groups is 1. The van der Waals surface area contributed by atoms with Gasteiger partial charge < -0.3 is 9.84 Å². The van der Waals surface area contributed by atoms with E-state index in [1.807, 2.05) is 6.07 Å². The number of rotatable bonds is 1. The van der Waals surface area contributed by atoms with Crippen LogP contribution < -0.4 is 0 Å². The highest BCUT2D eigenvalue weighted by molar-refractivity contribution is 5.97. The number of ether oxygens (including phenoxy) is 1. The van der Waals surface area contributed by atoms with Gasteiger partial charge in [-0.25, -0.2) is 4.79 Å². The first-order valence-corrected chi connectivity index (χ1v) is 4.38. The standard InChI is InChI=1S/C11H9NO3/c1-15-11(14)8-6-9-7(5-10(8)13)3-2-4-12-9/h2-6,13H,1H3. The van der Waals surface area contributed by atoms with Gasteiger partial charge in [0, 0.05) is 11.6 Å². The molecule has 4 heteroatoms. The molecule has 1 aromatic heterocycles. The van der Waals surface area contributed by atoms with Gasteiger partial charge in [-0.1, -0.05) is 6.07 Å². The van der Waals surface area contributed by atoms with Crippen LogP contribution in [0.15, 0.2) is 30.5 Å². The van der Waals surface area contributed by atoms with Crippen LogP contribution in [0.1, 0.15) is 10.4 Å². The third-order valence-electron chi connectivity index (χ3n) is 2.13. The monoisotopic (exact) mass is 203 g/mol. The summed E-state index contributed by atoms with van der Waals surface area (Å²) in [5.74, 6) is -0.664. The Bertz CT molecular complexity index is 522.